The lowest BCUT2D eigenvalue weighted by atomic mass is 10.2. The summed E-state index contributed by atoms with van der Waals surface area (Å²) in [4.78, 5) is 2.28. The Kier molecular flexibility index (Phi) is 7.38. The van der Waals surface area contributed by atoms with Gasteiger partial charge in [-0.05, 0) is 12.3 Å². The highest BCUT2D eigenvalue weighted by atomic mass is 32.1. The number of rotatable bonds is 9. The molecule has 5 nitrogen and oxygen atoms in total. The predicted octanol–water partition coefficient (Wildman–Crippen LogP) is 2.73. The van der Waals surface area contributed by atoms with E-state index >= 15 is 0 Å². The van der Waals surface area contributed by atoms with Crippen molar-refractivity contribution in [3.63, 3.8) is 0 Å². The Labute approximate surface area is 119 Å². The van der Waals surface area contributed by atoms with Crippen molar-refractivity contribution in [2.24, 2.45) is 5.92 Å². The monoisotopic (exact) mass is 281 g/mol. The molecule has 0 saturated heterocycles. The molecule has 1 heterocycles. The average molecular weight is 281 g/mol. The predicted molar refractivity (Wildman–Crippen MR) is 79.0 cm³/mol. The van der Waals surface area contributed by atoms with Crippen molar-refractivity contribution in [2.45, 2.75) is 40.2 Å². The SMILES string of the molecule is CCCNc1snnc1CN(CCC#N)CC(C)C. The number of hydrogen-bond donors (Lipinski definition) is 1. The smallest absolute Gasteiger partial charge is 0.134 e. The summed E-state index contributed by atoms with van der Waals surface area (Å²) in [7, 11) is 0. The first kappa shape index (κ1) is 15.9. The molecule has 0 unspecified atom stereocenters. The van der Waals surface area contributed by atoms with Crippen molar-refractivity contribution >= 4 is 16.5 Å². The molecule has 0 aliphatic carbocycles. The van der Waals surface area contributed by atoms with Gasteiger partial charge in [0, 0.05) is 44.1 Å². The van der Waals surface area contributed by atoms with Crippen molar-refractivity contribution < 1.29 is 0 Å². The molecular weight excluding hydrogens is 258 g/mol. The van der Waals surface area contributed by atoms with Crippen LogP contribution >= 0.6 is 11.5 Å². The van der Waals surface area contributed by atoms with Crippen LogP contribution in [0.2, 0.25) is 0 Å². The number of aromatic nitrogens is 2. The molecule has 0 amide bonds. The number of nitrogens with one attached hydrogen (secondary N) is 1. The highest BCUT2D eigenvalue weighted by molar-refractivity contribution is 7.10. The van der Waals surface area contributed by atoms with Crippen LogP contribution in [0.3, 0.4) is 0 Å². The highest BCUT2D eigenvalue weighted by Crippen LogP contribution is 2.19. The molecule has 6 heteroatoms. The fourth-order valence-electron chi connectivity index (χ4n) is 1.86. The number of nitriles is 1. The molecule has 0 spiro atoms. The molecule has 0 radical (unpaired) electrons. The summed E-state index contributed by atoms with van der Waals surface area (Å²) in [6.45, 7) is 10.00. The Bertz CT molecular complexity index is 396. The normalized spacial score (nSPS) is 10.9. The van der Waals surface area contributed by atoms with Gasteiger partial charge >= 0.3 is 0 Å². The fourth-order valence-corrected chi connectivity index (χ4v) is 2.45. The van der Waals surface area contributed by atoms with Gasteiger partial charge in [0.25, 0.3) is 0 Å². The molecule has 1 aromatic heterocycles. The minimum atomic E-state index is 0.558. The van der Waals surface area contributed by atoms with E-state index in [1.165, 1.54) is 11.5 Å². The molecule has 1 N–H and O–H groups in total. The molecule has 1 aromatic rings. The Morgan fingerprint density at radius 2 is 2.26 bits per heavy atom. The lowest BCUT2D eigenvalue weighted by molar-refractivity contribution is 0.239. The van der Waals surface area contributed by atoms with E-state index in [4.69, 9.17) is 5.26 Å². The van der Waals surface area contributed by atoms with Crippen molar-refractivity contribution in [3.05, 3.63) is 5.69 Å². The first-order valence-electron chi connectivity index (χ1n) is 6.81. The summed E-state index contributed by atoms with van der Waals surface area (Å²) in [5.41, 5.74) is 0.997. The third kappa shape index (κ3) is 5.99. The van der Waals surface area contributed by atoms with Gasteiger partial charge in [0.2, 0.25) is 0 Å². The van der Waals surface area contributed by atoms with Crippen LogP contribution in [0.1, 0.15) is 39.3 Å². The van der Waals surface area contributed by atoms with E-state index in [9.17, 15) is 0 Å². The number of anilines is 1. The second-order valence-corrected chi connectivity index (χ2v) is 5.77. The van der Waals surface area contributed by atoms with Crippen LogP contribution in [0.5, 0.6) is 0 Å². The van der Waals surface area contributed by atoms with Crippen LogP contribution in [-0.4, -0.2) is 34.1 Å². The zero-order chi connectivity index (χ0) is 14.1. The maximum absolute atomic E-state index is 8.73. The Morgan fingerprint density at radius 1 is 1.47 bits per heavy atom. The molecule has 1 rings (SSSR count). The summed E-state index contributed by atoms with van der Waals surface area (Å²) in [5, 5.41) is 17.4. The summed E-state index contributed by atoms with van der Waals surface area (Å²) in [6.07, 6.45) is 1.64. The van der Waals surface area contributed by atoms with Gasteiger partial charge < -0.3 is 5.32 Å². The first-order valence-corrected chi connectivity index (χ1v) is 7.59. The highest BCUT2D eigenvalue weighted by Gasteiger charge is 2.13. The molecule has 0 aliphatic rings. The van der Waals surface area contributed by atoms with Crippen LogP contribution in [0, 0.1) is 17.2 Å². The maximum atomic E-state index is 8.73. The average Bonchev–Trinajstić information content (AvgIpc) is 2.80. The minimum Gasteiger partial charge on any atom is -0.374 e. The lowest BCUT2D eigenvalue weighted by Gasteiger charge is -2.22. The van der Waals surface area contributed by atoms with E-state index in [1.807, 2.05) is 0 Å². The van der Waals surface area contributed by atoms with Gasteiger partial charge in [-0.25, -0.2) is 0 Å². The molecule has 0 aromatic carbocycles. The van der Waals surface area contributed by atoms with Crippen LogP contribution in [0.15, 0.2) is 0 Å². The van der Waals surface area contributed by atoms with Crippen molar-refractivity contribution in [1.82, 2.24) is 14.5 Å². The molecule has 0 atom stereocenters. The van der Waals surface area contributed by atoms with E-state index in [1.54, 1.807) is 0 Å². The maximum Gasteiger partial charge on any atom is 0.134 e. The van der Waals surface area contributed by atoms with E-state index in [-0.39, 0.29) is 0 Å². The Morgan fingerprint density at radius 3 is 2.89 bits per heavy atom. The van der Waals surface area contributed by atoms with Gasteiger partial charge in [0.1, 0.15) is 10.7 Å². The lowest BCUT2D eigenvalue weighted by Crippen LogP contribution is -2.28. The molecule has 0 bridgehead atoms. The number of hydrogen-bond acceptors (Lipinski definition) is 6. The second-order valence-electron chi connectivity index (χ2n) is 5.01. The second kappa shape index (κ2) is 8.83. The Hall–Kier alpha value is -1.19. The molecule has 0 aliphatic heterocycles. The zero-order valence-corrected chi connectivity index (χ0v) is 12.8. The van der Waals surface area contributed by atoms with Crippen LogP contribution in [0.4, 0.5) is 5.00 Å². The van der Waals surface area contributed by atoms with E-state index < -0.39 is 0 Å². The molecule has 0 fully saturated rings. The quantitative estimate of drug-likeness (QED) is 0.754. The van der Waals surface area contributed by atoms with Crippen LogP contribution in [-0.2, 0) is 6.54 Å². The summed E-state index contributed by atoms with van der Waals surface area (Å²) >= 11 is 1.41. The summed E-state index contributed by atoms with van der Waals surface area (Å²) in [5.74, 6) is 0.581. The standard InChI is InChI=1S/C13H23N5S/c1-4-7-15-13-12(16-17-19-13)10-18(8-5-6-14)9-11(2)3/h11,15H,4-5,7-10H2,1-3H3. The third-order valence-electron chi connectivity index (χ3n) is 2.63. The third-order valence-corrected chi connectivity index (χ3v) is 3.35. The van der Waals surface area contributed by atoms with Gasteiger partial charge in [-0.1, -0.05) is 25.3 Å². The first-order chi connectivity index (χ1) is 9.17. The van der Waals surface area contributed by atoms with Crippen molar-refractivity contribution in [2.75, 3.05) is 25.0 Å². The van der Waals surface area contributed by atoms with Crippen molar-refractivity contribution in [1.29, 1.82) is 5.26 Å². The van der Waals surface area contributed by atoms with Gasteiger partial charge in [-0.15, -0.1) is 5.10 Å². The van der Waals surface area contributed by atoms with Crippen molar-refractivity contribution in [3.8, 4) is 6.07 Å². The molecule has 19 heavy (non-hydrogen) atoms. The van der Waals surface area contributed by atoms with Gasteiger partial charge in [-0.3, -0.25) is 4.90 Å². The molecule has 106 valence electrons. The van der Waals surface area contributed by atoms with Gasteiger partial charge in [-0.2, -0.15) is 5.26 Å². The van der Waals surface area contributed by atoms with E-state index in [0.29, 0.717) is 12.3 Å². The molecular formula is C13H23N5S. The zero-order valence-electron chi connectivity index (χ0n) is 12.0. The van der Waals surface area contributed by atoms with Gasteiger partial charge in [0.05, 0.1) is 6.07 Å². The topological polar surface area (TPSA) is 64.8 Å². The number of nitrogens with zero attached hydrogens (tertiary/aromatic N) is 4. The molecule has 0 saturated carbocycles. The Balaban J connectivity index is 2.61. The van der Waals surface area contributed by atoms with Crippen LogP contribution in [0.25, 0.3) is 0 Å². The van der Waals surface area contributed by atoms with E-state index in [0.717, 1.165) is 43.3 Å². The van der Waals surface area contributed by atoms with E-state index in [2.05, 4.69) is 46.6 Å². The van der Waals surface area contributed by atoms with Crippen LogP contribution < -0.4 is 5.32 Å². The minimum absolute atomic E-state index is 0.558. The fraction of sp³-hybridized carbons (Fsp3) is 0.769. The van der Waals surface area contributed by atoms with Gasteiger partial charge in [0.15, 0.2) is 0 Å². The summed E-state index contributed by atoms with van der Waals surface area (Å²) < 4.78 is 4.03. The summed E-state index contributed by atoms with van der Waals surface area (Å²) in [6, 6.07) is 2.21. The largest absolute Gasteiger partial charge is 0.374 e.